The molecule has 0 spiro atoms. The normalized spacial score (nSPS) is 33.7. The van der Waals surface area contributed by atoms with Gasteiger partial charge in [-0.25, -0.2) is 0 Å². The fourth-order valence-corrected chi connectivity index (χ4v) is 5.51. The highest BCUT2D eigenvalue weighted by atomic mass is 16.5. The number of benzene rings is 1. The summed E-state index contributed by atoms with van der Waals surface area (Å²) in [5, 5.41) is 10.9. The van der Waals surface area contributed by atoms with Crippen LogP contribution in [0.5, 0.6) is 0 Å². The monoisotopic (exact) mass is 373 g/mol. The van der Waals surface area contributed by atoms with Gasteiger partial charge < -0.3 is 15.6 Å². The number of ether oxygens (including phenoxy) is 1. The van der Waals surface area contributed by atoms with Crippen LogP contribution in [0.1, 0.15) is 64.0 Å². The third-order valence-electron chi connectivity index (χ3n) is 7.54. The molecule has 7 atom stereocenters. The van der Waals surface area contributed by atoms with Crippen molar-refractivity contribution >= 4 is 0 Å². The molecule has 152 valence electrons. The highest BCUT2D eigenvalue weighted by molar-refractivity contribution is 5.22. The smallest absolute Gasteiger partial charge is 0.0571 e. The molecule has 3 heteroatoms. The molecule has 3 nitrogen and oxygen atoms in total. The van der Waals surface area contributed by atoms with Crippen LogP contribution in [0.4, 0.5) is 0 Å². The number of aryl methyl sites for hydroxylation is 1. The van der Waals surface area contributed by atoms with Crippen molar-refractivity contribution in [1.82, 2.24) is 0 Å². The van der Waals surface area contributed by atoms with E-state index < -0.39 is 0 Å². The molecule has 0 bridgehead atoms. The fraction of sp³-hybridized carbons (Fsp3) is 0.750. The Hall–Kier alpha value is -0.900. The van der Waals surface area contributed by atoms with E-state index in [0.29, 0.717) is 30.4 Å². The average Bonchev–Trinajstić information content (AvgIpc) is 2.89. The molecule has 0 aromatic heterocycles. The van der Waals surface area contributed by atoms with Gasteiger partial charge in [-0.1, -0.05) is 44.5 Å². The molecule has 1 aromatic carbocycles. The lowest BCUT2D eigenvalue weighted by atomic mass is 9.62. The average molecular weight is 374 g/mol. The summed E-state index contributed by atoms with van der Waals surface area (Å²) in [5.41, 5.74) is 8.13. The van der Waals surface area contributed by atoms with Gasteiger partial charge >= 0.3 is 0 Å². The van der Waals surface area contributed by atoms with Crippen molar-refractivity contribution in [2.24, 2.45) is 35.3 Å². The van der Waals surface area contributed by atoms with E-state index in [1.54, 1.807) is 0 Å². The van der Waals surface area contributed by atoms with Gasteiger partial charge in [0.25, 0.3) is 0 Å². The Morgan fingerprint density at radius 3 is 2.44 bits per heavy atom. The number of aliphatic hydroxyl groups is 1. The molecule has 1 saturated carbocycles. The van der Waals surface area contributed by atoms with E-state index in [0.717, 1.165) is 36.8 Å². The number of fused-ring (bicyclic) bond motifs is 1. The van der Waals surface area contributed by atoms with Crippen LogP contribution < -0.4 is 5.73 Å². The van der Waals surface area contributed by atoms with Crippen molar-refractivity contribution < 1.29 is 9.84 Å². The molecule has 1 heterocycles. The molecule has 2 fully saturated rings. The largest absolute Gasteiger partial charge is 0.393 e. The van der Waals surface area contributed by atoms with Crippen molar-refractivity contribution in [2.75, 3.05) is 6.61 Å². The maximum absolute atomic E-state index is 10.9. The van der Waals surface area contributed by atoms with Crippen LogP contribution in [0.25, 0.3) is 0 Å². The van der Waals surface area contributed by atoms with Gasteiger partial charge in [0.15, 0.2) is 0 Å². The minimum Gasteiger partial charge on any atom is -0.393 e. The third kappa shape index (κ3) is 5.13. The van der Waals surface area contributed by atoms with Gasteiger partial charge in [-0.3, -0.25) is 0 Å². The summed E-state index contributed by atoms with van der Waals surface area (Å²) in [4.78, 5) is 0. The van der Waals surface area contributed by atoms with Crippen LogP contribution in [-0.4, -0.2) is 23.9 Å². The number of hydrogen-bond donors (Lipinski definition) is 2. The molecule has 2 aliphatic rings. The minimum absolute atomic E-state index is 0.237. The van der Waals surface area contributed by atoms with E-state index in [9.17, 15) is 5.11 Å². The zero-order valence-corrected chi connectivity index (χ0v) is 17.4. The van der Waals surface area contributed by atoms with Crippen LogP contribution in [0.15, 0.2) is 24.3 Å². The SMILES string of the molecule is CC1CC[C@@H]2C(CO1)[C@H]([C@@H](C)[C@H](O)CCc1ccc(CN)cc1)CC[C@H]2C. The zero-order valence-electron chi connectivity index (χ0n) is 17.4. The Kier molecular flexibility index (Phi) is 7.35. The topological polar surface area (TPSA) is 55.5 Å². The summed E-state index contributed by atoms with van der Waals surface area (Å²) in [6, 6.07) is 8.50. The molecular formula is C24H39NO2. The summed E-state index contributed by atoms with van der Waals surface area (Å²) < 4.78 is 6.14. The lowest BCUT2D eigenvalue weighted by molar-refractivity contribution is -0.0351. The molecule has 2 unspecified atom stereocenters. The van der Waals surface area contributed by atoms with Crippen molar-refractivity contribution in [3.63, 3.8) is 0 Å². The highest BCUT2D eigenvalue weighted by Crippen LogP contribution is 2.46. The number of hydrogen-bond acceptors (Lipinski definition) is 3. The quantitative estimate of drug-likeness (QED) is 0.769. The molecule has 0 radical (unpaired) electrons. The maximum atomic E-state index is 10.9. The Balaban J connectivity index is 1.59. The minimum atomic E-state index is -0.237. The van der Waals surface area contributed by atoms with Crippen molar-refractivity contribution in [3.05, 3.63) is 35.4 Å². The first-order valence-corrected chi connectivity index (χ1v) is 11.1. The third-order valence-corrected chi connectivity index (χ3v) is 7.54. The van der Waals surface area contributed by atoms with E-state index in [1.165, 1.54) is 31.2 Å². The van der Waals surface area contributed by atoms with Crippen LogP contribution in [0, 0.1) is 29.6 Å². The standard InChI is InChI=1S/C24H39NO2/c1-16-4-11-22(23-15-27-17(2)5-12-21(16)23)18(3)24(26)13-10-19-6-8-20(14-25)9-7-19/h6-9,16-18,21-24,26H,4-5,10-15,25H2,1-3H3/t16-,17?,18-,21+,22+,23?,24-/m1/s1. The van der Waals surface area contributed by atoms with E-state index in [4.69, 9.17) is 10.5 Å². The van der Waals surface area contributed by atoms with Gasteiger partial charge in [0, 0.05) is 6.54 Å². The van der Waals surface area contributed by atoms with Gasteiger partial charge in [-0.2, -0.15) is 0 Å². The summed E-state index contributed by atoms with van der Waals surface area (Å²) in [5.74, 6) is 3.11. The molecule has 3 rings (SSSR count). The predicted molar refractivity (Wildman–Crippen MR) is 111 cm³/mol. The van der Waals surface area contributed by atoms with Crippen molar-refractivity contribution in [1.29, 1.82) is 0 Å². The summed E-state index contributed by atoms with van der Waals surface area (Å²) in [6.07, 6.45) is 6.94. The lowest BCUT2D eigenvalue weighted by Gasteiger charge is -2.44. The number of nitrogens with two attached hydrogens (primary N) is 1. The van der Waals surface area contributed by atoms with E-state index in [2.05, 4.69) is 45.0 Å². The van der Waals surface area contributed by atoms with Crippen LogP contribution in [-0.2, 0) is 17.7 Å². The lowest BCUT2D eigenvalue weighted by Crippen LogP contribution is -2.41. The second kappa shape index (κ2) is 9.54. The molecule has 1 saturated heterocycles. The van der Waals surface area contributed by atoms with Crippen LogP contribution >= 0.6 is 0 Å². The predicted octanol–water partition coefficient (Wildman–Crippen LogP) is 4.55. The second-order valence-corrected chi connectivity index (χ2v) is 9.25. The molecule has 1 aromatic rings. The number of aliphatic hydroxyl groups excluding tert-OH is 1. The van der Waals surface area contributed by atoms with E-state index in [1.807, 2.05) is 0 Å². The van der Waals surface area contributed by atoms with Gasteiger partial charge in [-0.05, 0) is 79.7 Å². The maximum Gasteiger partial charge on any atom is 0.0571 e. The number of rotatable bonds is 6. The summed E-state index contributed by atoms with van der Waals surface area (Å²) >= 11 is 0. The zero-order chi connectivity index (χ0) is 19.4. The van der Waals surface area contributed by atoms with Gasteiger partial charge in [-0.15, -0.1) is 0 Å². The van der Waals surface area contributed by atoms with Gasteiger partial charge in [0.2, 0.25) is 0 Å². The van der Waals surface area contributed by atoms with E-state index in [-0.39, 0.29) is 6.10 Å². The summed E-state index contributed by atoms with van der Waals surface area (Å²) in [6.45, 7) is 8.39. The van der Waals surface area contributed by atoms with Crippen LogP contribution in [0.2, 0.25) is 0 Å². The molecule has 27 heavy (non-hydrogen) atoms. The molecule has 1 aliphatic carbocycles. The Bertz CT molecular complexity index is 572. The Labute approximate surface area is 165 Å². The first-order valence-electron chi connectivity index (χ1n) is 11.1. The van der Waals surface area contributed by atoms with Crippen molar-refractivity contribution in [3.8, 4) is 0 Å². The molecule has 1 aliphatic heterocycles. The Morgan fingerprint density at radius 2 is 1.74 bits per heavy atom. The van der Waals surface area contributed by atoms with E-state index >= 15 is 0 Å². The first kappa shape index (κ1) is 20.8. The van der Waals surface area contributed by atoms with Crippen LogP contribution in [0.3, 0.4) is 0 Å². The summed E-state index contributed by atoms with van der Waals surface area (Å²) in [7, 11) is 0. The van der Waals surface area contributed by atoms with Crippen molar-refractivity contribution in [2.45, 2.75) is 78.0 Å². The molecular weight excluding hydrogens is 334 g/mol. The van der Waals surface area contributed by atoms with Gasteiger partial charge in [0.1, 0.15) is 0 Å². The fourth-order valence-electron chi connectivity index (χ4n) is 5.51. The molecule has 3 N–H and O–H groups in total. The Morgan fingerprint density at radius 1 is 1.04 bits per heavy atom. The molecule has 0 amide bonds. The first-order chi connectivity index (χ1) is 13.0. The van der Waals surface area contributed by atoms with Gasteiger partial charge in [0.05, 0.1) is 18.8 Å². The highest BCUT2D eigenvalue weighted by Gasteiger charge is 2.42. The second-order valence-electron chi connectivity index (χ2n) is 9.25.